The molecule has 2 aromatic heterocycles. The number of nitrogens with zero attached hydrogens (tertiary/aromatic N) is 3. The molecule has 0 unspecified atom stereocenters. The van der Waals surface area contributed by atoms with Gasteiger partial charge in [-0.25, -0.2) is 9.97 Å². The van der Waals surface area contributed by atoms with Crippen LogP contribution >= 0.6 is 11.3 Å². The van der Waals surface area contributed by atoms with Crippen molar-refractivity contribution in [3.8, 4) is 0 Å². The van der Waals surface area contributed by atoms with Crippen LogP contribution in [0.3, 0.4) is 0 Å². The topological polar surface area (TPSA) is 59.8 Å². The van der Waals surface area contributed by atoms with E-state index in [1.807, 2.05) is 0 Å². The van der Waals surface area contributed by atoms with E-state index in [4.69, 9.17) is 0 Å². The Labute approximate surface area is 116 Å². The summed E-state index contributed by atoms with van der Waals surface area (Å²) < 4.78 is 1.70. The van der Waals surface area contributed by atoms with Crippen LogP contribution in [-0.2, 0) is 13.5 Å². The summed E-state index contributed by atoms with van der Waals surface area (Å²) in [5.41, 5.74) is 1.69. The highest BCUT2D eigenvalue weighted by Crippen LogP contribution is 2.17. The van der Waals surface area contributed by atoms with Gasteiger partial charge in [0.25, 0.3) is 5.91 Å². The first kappa shape index (κ1) is 13.7. The maximum Gasteiger partial charge on any atom is 0.269 e. The molecule has 19 heavy (non-hydrogen) atoms. The molecule has 0 radical (unpaired) electrons. The van der Waals surface area contributed by atoms with Gasteiger partial charge in [0.2, 0.25) is 0 Å². The van der Waals surface area contributed by atoms with E-state index in [0.717, 1.165) is 17.1 Å². The van der Waals surface area contributed by atoms with Crippen LogP contribution in [0.25, 0.3) is 0 Å². The van der Waals surface area contributed by atoms with Crippen LogP contribution in [0.1, 0.15) is 41.0 Å². The number of aryl methyl sites for hydroxylation is 1. The van der Waals surface area contributed by atoms with E-state index in [1.54, 1.807) is 35.5 Å². The Morgan fingerprint density at radius 3 is 2.89 bits per heavy atom. The quantitative estimate of drug-likeness (QED) is 0.909. The van der Waals surface area contributed by atoms with E-state index in [2.05, 4.69) is 34.5 Å². The molecule has 0 bridgehead atoms. The van der Waals surface area contributed by atoms with Crippen LogP contribution in [0.5, 0.6) is 0 Å². The second-order valence-corrected chi connectivity index (χ2v) is 5.66. The third-order valence-electron chi connectivity index (χ3n) is 2.83. The number of hydrogen-bond donors (Lipinski definition) is 1. The third kappa shape index (κ3) is 3.41. The van der Waals surface area contributed by atoms with E-state index in [0.29, 0.717) is 18.2 Å². The highest BCUT2D eigenvalue weighted by atomic mass is 32.1. The minimum Gasteiger partial charge on any atom is -0.350 e. The predicted molar refractivity (Wildman–Crippen MR) is 75.4 cm³/mol. The zero-order chi connectivity index (χ0) is 13.8. The Balaban J connectivity index is 1.83. The summed E-state index contributed by atoms with van der Waals surface area (Å²) in [5.74, 6) is 0.356. The number of nitrogens with one attached hydrogen (secondary N) is 1. The zero-order valence-corrected chi connectivity index (χ0v) is 12.2. The van der Waals surface area contributed by atoms with Gasteiger partial charge in [-0.1, -0.05) is 13.8 Å². The van der Waals surface area contributed by atoms with Gasteiger partial charge >= 0.3 is 0 Å². The van der Waals surface area contributed by atoms with Gasteiger partial charge in [-0.15, -0.1) is 11.3 Å². The molecule has 2 heterocycles. The molecule has 2 rings (SSSR count). The van der Waals surface area contributed by atoms with Crippen molar-refractivity contribution in [2.24, 2.45) is 7.05 Å². The minimum absolute atomic E-state index is 0.0966. The first-order valence-electron chi connectivity index (χ1n) is 6.26. The van der Waals surface area contributed by atoms with Crippen molar-refractivity contribution in [3.63, 3.8) is 0 Å². The summed E-state index contributed by atoms with van der Waals surface area (Å²) >= 11 is 1.65. The molecule has 102 valence electrons. The number of carbonyl (C=O) groups is 1. The van der Waals surface area contributed by atoms with Crippen LogP contribution in [-0.4, -0.2) is 27.0 Å². The second-order valence-electron chi connectivity index (χ2n) is 4.72. The first-order chi connectivity index (χ1) is 9.08. The van der Waals surface area contributed by atoms with Crippen molar-refractivity contribution >= 4 is 17.2 Å². The number of hydrogen-bond acceptors (Lipinski definition) is 4. The van der Waals surface area contributed by atoms with Crippen LogP contribution in [0.2, 0.25) is 0 Å². The zero-order valence-electron chi connectivity index (χ0n) is 11.4. The lowest BCUT2D eigenvalue weighted by molar-refractivity contribution is 0.0946. The van der Waals surface area contributed by atoms with Gasteiger partial charge in [0.1, 0.15) is 5.69 Å². The number of imidazole rings is 1. The van der Waals surface area contributed by atoms with Crippen LogP contribution in [0.15, 0.2) is 17.9 Å². The molecule has 0 fully saturated rings. The average Bonchev–Trinajstić information content (AvgIpc) is 2.97. The van der Waals surface area contributed by atoms with E-state index < -0.39 is 0 Å². The normalized spacial score (nSPS) is 10.9. The fourth-order valence-electron chi connectivity index (χ4n) is 1.65. The van der Waals surface area contributed by atoms with Gasteiger partial charge in [-0.2, -0.15) is 0 Å². The fourth-order valence-corrected chi connectivity index (χ4v) is 2.61. The lowest BCUT2D eigenvalue weighted by Gasteiger charge is -2.04. The van der Waals surface area contributed by atoms with Crippen molar-refractivity contribution in [1.29, 1.82) is 0 Å². The molecule has 0 spiro atoms. The van der Waals surface area contributed by atoms with Gasteiger partial charge in [-0.05, 0) is 5.92 Å². The first-order valence-corrected chi connectivity index (χ1v) is 7.14. The largest absolute Gasteiger partial charge is 0.350 e. The summed E-state index contributed by atoms with van der Waals surface area (Å²) in [5, 5.41) is 6.03. The van der Waals surface area contributed by atoms with Crippen molar-refractivity contribution in [2.75, 3.05) is 6.54 Å². The Morgan fingerprint density at radius 2 is 2.32 bits per heavy atom. The monoisotopic (exact) mass is 278 g/mol. The summed E-state index contributed by atoms with van der Waals surface area (Å²) in [7, 11) is 1.80. The molecule has 2 aromatic rings. The van der Waals surface area contributed by atoms with Gasteiger partial charge in [0.05, 0.1) is 23.2 Å². The SMILES string of the molecule is CC(C)c1csc(CCNC(=O)c2cncn2C)n1. The molecule has 0 saturated heterocycles. The maximum atomic E-state index is 11.8. The Bertz CT molecular complexity index is 558. The number of aromatic nitrogens is 3. The summed E-state index contributed by atoms with van der Waals surface area (Å²) in [6.07, 6.45) is 3.95. The molecule has 1 amide bonds. The predicted octanol–water partition coefficient (Wildman–Crippen LogP) is 1.97. The molecule has 0 aliphatic carbocycles. The summed E-state index contributed by atoms with van der Waals surface area (Å²) in [4.78, 5) is 20.3. The fraction of sp³-hybridized carbons (Fsp3) is 0.462. The maximum absolute atomic E-state index is 11.8. The molecule has 0 saturated carbocycles. The number of thiazole rings is 1. The number of carbonyl (C=O) groups excluding carboxylic acids is 1. The van der Waals surface area contributed by atoms with E-state index in [1.165, 1.54) is 0 Å². The Morgan fingerprint density at radius 1 is 1.53 bits per heavy atom. The minimum atomic E-state index is -0.0966. The standard InChI is InChI=1S/C13H18N4OS/c1-9(2)10-7-19-12(16-10)4-5-15-13(18)11-6-14-8-17(11)3/h6-9H,4-5H2,1-3H3,(H,15,18). The Hall–Kier alpha value is -1.69. The van der Waals surface area contributed by atoms with Crippen molar-refractivity contribution in [1.82, 2.24) is 19.9 Å². The lowest BCUT2D eigenvalue weighted by Crippen LogP contribution is -2.27. The van der Waals surface area contributed by atoms with Crippen LogP contribution in [0.4, 0.5) is 0 Å². The molecule has 0 aliphatic heterocycles. The van der Waals surface area contributed by atoms with Crippen LogP contribution in [0, 0.1) is 0 Å². The smallest absolute Gasteiger partial charge is 0.269 e. The molecule has 1 N–H and O–H groups in total. The van der Waals surface area contributed by atoms with Gasteiger partial charge in [-0.3, -0.25) is 4.79 Å². The van der Waals surface area contributed by atoms with Gasteiger partial charge < -0.3 is 9.88 Å². The highest BCUT2D eigenvalue weighted by Gasteiger charge is 2.10. The van der Waals surface area contributed by atoms with Gasteiger partial charge in [0.15, 0.2) is 0 Å². The molecule has 0 aliphatic rings. The summed E-state index contributed by atoms with van der Waals surface area (Å²) in [6.45, 7) is 4.85. The van der Waals surface area contributed by atoms with E-state index in [-0.39, 0.29) is 5.91 Å². The molecule has 0 aromatic carbocycles. The molecule has 5 nitrogen and oxygen atoms in total. The molecule has 0 atom stereocenters. The molecular formula is C13H18N4OS. The highest BCUT2D eigenvalue weighted by molar-refractivity contribution is 7.09. The Kier molecular flexibility index (Phi) is 4.31. The average molecular weight is 278 g/mol. The molecular weight excluding hydrogens is 260 g/mol. The number of rotatable bonds is 5. The summed E-state index contributed by atoms with van der Waals surface area (Å²) in [6, 6.07) is 0. The number of amides is 1. The van der Waals surface area contributed by atoms with Gasteiger partial charge in [0, 0.05) is 25.4 Å². The lowest BCUT2D eigenvalue weighted by atomic mass is 10.2. The van der Waals surface area contributed by atoms with Crippen molar-refractivity contribution in [3.05, 3.63) is 34.3 Å². The van der Waals surface area contributed by atoms with E-state index in [9.17, 15) is 4.79 Å². The molecule has 6 heteroatoms. The van der Waals surface area contributed by atoms with Crippen molar-refractivity contribution < 1.29 is 4.79 Å². The second kappa shape index (κ2) is 5.97. The van der Waals surface area contributed by atoms with Crippen molar-refractivity contribution in [2.45, 2.75) is 26.2 Å². The van der Waals surface area contributed by atoms with E-state index >= 15 is 0 Å². The van der Waals surface area contributed by atoms with Crippen LogP contribution < -0.4 is 5.32 Å². The third-order valence-corrected chi connectivity index (χ3v) is 3.76.